The zero-order chi connectivity index (χ0) is 21.6. The van der Waals surface area contributed by atoms with Crippen LogP contribution in [0.5, 0.6) is 5.75 Å². The summed E-state index contributed by atoms with van der Waals surface area (Å²) in [5, 5.41) is 3.37. The Kier molecular flexibility index (Phi) is 6.46. The number of hydrogen-bond acceptors (Lipinski definition) is 4. The number of halogens is 1. The number of nitrogens with one attached hydrogen (secondary N) is 1. The number of benzene rings is 2. The minimum atomic E-state index is -0.616. The summed E-state index contributed by atoms with van der Waals surface area (Å²) in [6, 6.07) is 17.0. The fraction of sp³-hybridized carbons (Fsp3) is 0.280. The highest BCUT2D eigenvalue weighted by Gasteiger charge is 2.33. The van der Waals surface area contributed by atoms with E-state index in [0.717, 1.165) is 36.1 Å². The lowest BCUT2D eigenvalue weighted by atomic mass is 9.93. The second kappa shape index (κ2) is 9.60. The molecular formula is C25H26FN3O2. The third-order valence-corrected chi connectivity index (χ3v) is 5.66. The van der Waals surface area contributed by atoms with Crippen molar-refractivity contribution in [3.05, 3.63) is 90.0 Å². The third kappa shape index (κ3) is 4.85. The molecule has 2 unspecified atom stereocenters. The number of anilines is 1. The first-order valence-corrected chi connectivity index (χ1v) is 10.5. The minimum Gasteiger partial charge on any atom is -0.497 e. The van der Waals surface area contributed by atoms with E-state index in [1.54, 1.807) is 25.6 Å². The molecular weight excluding hydrogens is 393 g/mol. The van der Waals surface area contributed by atoms with E-state index in [4.69, 9.17) is 4.74 Å². The van der Waals surface area contributed by atoms with Gasteiger partial charge in [-0.3, -0.25) is 9.78 Å². The number of carbonyl (C=O) groups excluding carboxylic acids is 1. The van der Waals surface area contributed by atoms with Crippen molar-refractivity contribution in [3.8, 4) is 5.75 Å². The van der Waals surface area contributed by atoms with Crippen LogP contribution >= 0.6 is 0 Å². The maximum Gasteiger partial charge on any atom is 0.250 e. The molecule has 1 fully saturated rings. The van der Waals surface area contributed by atoms with Crippen LogP contribution in [0, 0.1) is 5.82 Å². The number of aromatic nitrogens is 1. The summed E-state index contributed by atoms with van der Waals surface area (Å²) in [7, 11) is 1.61. The lowest BCUT2D eigenvalue weighted by molar-refractivity contribution is -0.136. The molecule has 5 nitrogen and oxygen atoms in total. The summed E-state index contributed by atoms with van der Waals surface area (Å²) < 4.78 is 19.2. The van der Waals surface area contributed by atoms with Crippen molar-refractivity contribution < 1.29 is 13.9 Å². The summed E-state index contributed by atoms with van der Waals surface area (Å²) in [6.07, 6.45) is 6.14. The number of ether oxygens (including phenoxy) is 1. The third-order valence-electron chi connectivity index (χ3n) is 5.66. The molecule has 160 valence electrons. The van der Waals surface area contributed by atoms with E-state index in [0.29, 0.717) is 12.3 Å². The summed E-state index contributed by atoms with van der Waals surface area (Å²) in [4.78, 5) is 19.9. The van der Waals surface area contributed by atoms with E-state index < -0.39 is 6.04 Å². The van der Waals surface area contributed by atoms with Crippen LogP contribution in [0.25, 0.3) is 0 Å². The molecule has 2 atom stereocenters. The van der Waals surface area contributed by atoms with E-state index in [9.17, 15) is 9.18 Å². The molecule has 4 rings (SSSR count). The SMILES string of the molecule is COc1cccc(NC(C(=O)N2CCCCC2c2cccc(F)c2)c2cccnc2)c1. The Morgan fingerprint density at radius 2 is 2.03 bits per heavy atom. The average Bonchev–Trinajstić information content (AvgIpc) is 2.83. The molecule has 1 N–H and O–H groups in total. The standard InChI is InChI=1S/C25H26FN3O2/c1-31-22-11-5-10-21(16-22)28-24(19-8-6-13-27-17-19)25(30)29-14-3-2-12-23(29)18-7-4-9-20(26)15-18/h4-11,13,15-17,23-24,28H,2-3,12,14H2,1H3. The molecule has 6 heteroatoms. The molecule has 1 amide bonds. The molecule has 2 heterocycles. The Morgan fingerprint density at radius 1 is 1.16 bits per heavy atom. The number of nitrogens with zero attached hydrogens (tertiary/aromatic N) is 2. The number of methoxy groups -OCH3 is 1. The molecule has 0 radical (unpaired) electrons. The highest BCUT2D eigenvalue weighted by molar-refractivity contribution is 5.86. The van der Waals surface area contributed by atoms with Crippen LogP contribution in [0.1, 0.15) is 42.5 Å². The monoisotopic (exact) mass is 419 g/mol. The first kappa shape index (κ1) is 20.8. The van der Waals surface area contributed by atoms with Gasteiger partial charge in [0.15, 0.2) is 0 Å². The summed E-state index contributed by atoms with van der Waals surface area (Å²) in [5.41, 5.74) is 2.39. The van der Waals surface area contributed by atoms with Crippen molar-refractivity contribution in [1.29, 1.82) is 0 Å². The van der Waals surface area contributed by atoms with Crippen molar-refractivity contribution in [3.63, 3.8) is 0 Å². The summed E-state index contributed by atoms with van der Waals surface area (Å²) in [6.45, 7) is 0.635. The first-order chi connectivity index (χ1) is 15.2. The molecule has 1 aliphatic rings. The minimum absolute atomic E-state index is 0.0511. The van der Waals surface area contributed by atoms with Gasteiger partial charge in [0.2, 0.25) is 5.91 Å². The number of amides is 1. The van der Waals surface area contributed by atoms with Crippen molar-refractivity contribution in [1.82, 2.24) is 9.88 Å². The lowest BCUT2D eigenvalue weighted by Gasteiger charge is -2.38. The van der Waals surface area contributed by atoms with Crippen LogP contribution < -0.4 is 10.1 Å². The second-order valence-electron chi connectivity index (χ2n) is 7.69. The van der Waals surface area contributed by atoms with Crippen molar-refractivity contribution in [2.45, 2.75) is 31.3 Å². The lowest BCUT2D eigenvalue weighted by Crippen LogP contribution is -2.43. The van der Waals surface area contributed by atoms with Crippen molar-refractivity contribution in [2.24, 2.45) is 0 Å². The molecule has 2 aromatic carbocycles. The Hall–Kier alpha value is -3.41. The average molecular weight is 420 g/mol. The van der Waals surface area contributed by atoms with Crippen molar-refractivity contribution >= 4 is 11.6 Å². The predicted octanol–water partition coefficient (Wildman–Crippen LogP) is 5.14. The highest BCUT2D eigenvalue weighted by atomic mass is 19.1. The Labute approximate surface area is 181 Å². The molecule has 1 aromatic heterocycles. The van der Waals surface area contributed by atoms with Gasteiger partial charge in [-0.25, -0.2) is 4.39 Å². The molecule has 1 saturated heterocycles. The molecule has 0 aliphatic carbocycles. The van der Waals surface area contributed by atoms with Crippen LogP contribution in [-0.2, 0) is 4.79 Å². The second-order valence-corrected chi connectivity index (χ2v) is 7.69. The fourth-order valence-corrected chi connectivity index (χ4v) is 4.14. The predicted molar refractivity (Wildman–Crippen MR) is 118 cm³/mol. The molecule has 31 heavy (non-hydrogen) atoms. The Balaban J connectivity index is 1.67. The van der Waals surface area contributed by atoms with Crippen LogP contribution in [0.15, 0.2) is 73.1 Å². The quantitative estimate of drug-likeness (QED) is 0.601. The maximum absolute atomic E-state index is 13.9. The van der Waals surface area contributed by atoms with Gasteiger partial charge in [-0.15, -0.1) is 0 Å². The van der Waals surface area contributed by atoms with Gasteiger partial charge in [0.25, 0.3) is 0 Å². The van der Waals surface area contributed by atoms with E-state index in [2.05, 4.69) is 10.3 Å². The molecule has 3 aromatic rings. The van der Waals surface area contributed by atoms with Crippen LogP contribution in [-0.4, -0.2) is 29.4 Å². The van der Waals surface area contributed by atoms with Crippen LogP contribution in [0.4, 0.5) is 10.1 Å². The number of pyridine rings is 1. The summed E-state index contributed by atoms with van der Waals surface area (Å²) in [5.74, 6) is 0.372. The van der Waals surface area contributed by atoms with E-state index in [-0.39, 0.29) is 17.8 Å². The Bertz CT molecular complexity index is 1030. The van der Waals surface area contributed by atoms with E-state index in [1.807, 2.05) is 47.4 Å². The van der Waals surface area contributed by atoms with Gasteiger partial charge in [-0.2, -0.15) is 0 Å². The first-order valence-electron chi connectivity index (χ1n) is 10.5. The van der Waals surface area contributed by atoms with E-state index in [1.165, 1.54) is 12.1 Å². The van der Waals surface area contributed by atoms with Gasteiger partial charge in [0.05, 0.1) is 13.2 Å². The Morgan fingerprint density at radius 3 is 2.81 bits per heavy atom. The molecule has 1 aliphatic heterocycles. The van der Waals surface area contributed by atoms with Crippen molar-refractivity contribution in [2.75, 3.05) is 19.0 Å². The van der Waals surface area contributed by atoms with Gasteiger partial charge in [-0.05, 0) is 55.2 Å². The van der Waals surface area contributed by atoms with Crippen LogP contribution in [0.3, 0.4) is 0 Å². The topological polar surface area (TPSA) is 54.5 Å². The smallest absolute Gasteiger partial charge is 0.250 e. The highest BCUT2D eigenvalue weighted by Crippen LogP contribution is 2.34. The summed E-state index contributed by atoms with van der Waals surface area (Å²) >= 11 is 0. The normalized spacial score (nSPS) is 17.1. The molecule has 0 spiro atoms. The maximum atomic E-state index is 13.9. The number of likely N-dealkylation sites (tertiary alicyclic amines) is 1. The van der Waals surface area contributed by atoms with E-state index >= 15 is 0 Å². The number of rotatable bonds is 6. The van der Waals surface area contributed by atoms with Gasteiger partial charge < -0.3 is 15.0 Å². The van der Waals surface area contributed by atoms with Gasteiger partial charge in [0.1, 0.15) is 17.6 Å². The number of carbonyl (C=O) groups is 1. The zero-order valence-electron chi connectivity index (χ0n) is 17.5. The van der Waals surface area contributed by atoms with Gasteiger partial charge in [0, 0.05) is 36.3 Å². The molecule has 0 bridgehead atoms. The zero-order valence-corrected chi connectivity index (χ0v) is 17.5. The van der Waals surface area contributed by atoms with Gasteiger partial charge >= 0.3 is 0 Å². The number of piperidine rings is 1. The largest absolute Gasteiger partial charge is 0.497 e. The molecule has 0 saturated carbocycles. The fourth-order valence-electron chi connectivity index (χ4n) is 4.14. The van der Waals surface area contributed by atoms with Crippen LogP contribution in [0.2, 0.25) is 0 Å². The number of hydrogen-bond donors (Lipinski definition) is 1. The van der Waals surface area contributed by atoms with Gasteiger partial charge in [-0.1, -0.05) is 24.3 Å².